The van der Waals surface area contributed by atoms with Crippen LogP contribution in [0.25, 0.3) is 0 Å². The average Bonchev–Trinajstić information content (AvgIpc) is 2.40. The fourth-order valence-electron chi connectivity index (χ4n) is 6.26. The SMILES string of the molecule is OCC[NH+]1CC[NH+](C2C3CC4CC(C3)CC2C4)CC1. The molecular formula is C16H30N2O+2. The van der Waals surface area contributed by atoms with E-state index in [1.165, 1.54) is 26.2 Å². The van der Waals surface area contributed by atoms with Crippen LogP contribution in [0, 0.1) is 23.7 Å². The Bertz CT molecular complexity index is 297. The maximum atomic E-state index is 9.07. The van der Waals surface area contributed by atoms with Gasteiger partial charge in [-0.25, -0.2) is 0 Å². The molecule has 4 saturated carbocycles. The van der Waals surface area contributed by atoms with Crippen molar-refractivity contribution in [3.63, 3.8) is 0 Å². The van der Waals surface area contributed by atoms with Gasteiger partial charge < -0.3 is 14.9 Å². The summed E-state index contributed by atoms with van der Waals surface area (Å²) in [6.07, 6.45) is 7.83. The lowest BCUT2D eigenvalue weighted by molar-refractivity contribution is -1.03. The van der Waals surface area contributed by atoms with E-state index in [1.54, 1.807) is 37.0 Å². The van der Waals surface area contributed by atoms with Crippen molar-refractivity contribution in [1.82, 2.24) is 0 Å². The third-order valence-electron chi connectivity index (χ3n) is 6.76. The van der Waals surface area contributed by atoms with Gasteiger partial charge in [-0.2, -0.15) is 0 Å². The fourth-order valence-corrected chi connectivity index (χ4v) is 6.26. The monoisotopic (exact) mass is 266 g/mol. The van der Waals surface area contributed by atoms with E-state index in [1.807, 2.05) is 4.90 Å². The fraction of sp³-hybridized carbons (Fsp3) is 1.00. The summed E-state index contributed by atoms with van der Waals surface area (Å²) in [5.41, 5.74) is 0. The van der Waals surface area contributed by atoms with Crippen molar-refractivity contribution in [2.75, 3.05) is 39.3 Å². The Balaban J connectivity index is 1.40. The van der Waals surface area contributed by atoms with Gasteiger partial charge in [0.2, 0.25) is 0 Å². The third-order valence-corrected chi connectivity index (χ3v) is 6.76. The zero-order valence-electron chi connectivity index (χ0n) is 12.1. The van der Waals surface area contributed by atoms with Crippen LogP contribution in [0.2, 0.25) is 0 Å². The summed E-state index contributed by atoms with van der Waals surface area (Å²) in [6, 6.07) is 1.02. The predicted molar refractivity (Wildman–Crippen MR) is 74.2 cm³/mol. The first kappa shape index (κ1) is 12.6. The van der Waals surface area contributed by atoms with Crippen LogP contribution in [-0.4, -0.2) is 50.5 Å². The van der Waals surface area contributed by atoms with E-state index in [4.69, 9.17) is 5.11 Å². The second-order valence-corrected chi connectivity index (χ2v) is 7.84. The highest BCUT2D eigenvalue weighted by Crippen LogP contribution is 2.52. The van der Waals surface area contributed by atoms with Crippen molar-refractivity contribution in [2.24, 2.45) is 23.7 Å². The molecule has 0 aromatic heterocycles. The van der Waals surface area contributed by atoms with Crippen molar-refractivity contribution >= 4 is 0 Å². The Hall–Kier alpha value is -0.120. The van der Waals surface area contributed by atoms with Crippen LogP contribution in [0.15, 0.2) is 0 Å². The average molecular weight is 266 g/mol. The zero-order valence-corrected chi connectivity index (χ0v) is 12.1. The quantitative estimate of drug-likeness (QED) is 0.575. The molecule has 0 radical (unpaired) electrons. The highest BCUT2D eigenvalue weighted by Gasteiger charge is 2.52. The maximum Gasteiger partial charge on any atom is 0.127 e. The van der Waals surface area contributed by atoms with Crippen molar-refractivity contribution in [2.45, 2.75) is 38.1 Å². The Labute approximate surface area is 117 Å². The standard InChI is InChI=1S/C16H28N2O/c19-6-5-17-1-3-18(4-2-17)16-14-8-12-7-13(10-14)11-15(16)9-12/h12-16,19H,1-11H2/p+2. The lowest BCUT2D eigenvalue weighted by atomic mass is 9.54. The Morgan fingerprint density at radius 2 is 1.37 bits per heavy atom. The van der Waals surface area contributed by atoms with Gasteiger partial charge in [0.15, 0.2) is 0 Å². The molecule has 0 amide bonds. The topological polar surface area (TPSA) is 29.1 Å². The second-order valence-electron chi connectivity index (χ2n) is 7.84. The normalized spacial score (nSPS) is 52.6. The van der Waals surface area contributed by atoms with Gasteiger partial charge in [0, 0.05) is 11.8 Å². The molecule has 0 unspecified atom stereocenters. The number of aliphatic hydroxyl groups is 1. The van der Waals surface area contributed by atoms with Crippen LogP contribution in [0.3, 0.4) is 0 Å². The van der Waals surface area contributed by atoms with E-state index in [0.717, 1.165) is 36.3 Å². The maximum absolute atomic E-state index is 9.07. The molecule has 3 N–H and O–H groups in total. The van der Waals surface area contributed by atoms with Gasteiger partial charge in [-0.05, 0) is 43.9 Å². The number of rotatable bonds is 3. The number of hydrogen-bond acceptors (Lipinski definition) is 1. The Morgan fingerprint density at radius 3 is 1.89 bits per heavy atom. The molecule has 1 heterocycles. The van der Waals surface area contributed by atoms with E-state index < -0.39 is 0 Å². The summed E-state index contributed by atoms with van der Waals surface area (Å²) in [5.74, 6) is 4.37. The third kappa shape index (κ3) is 2.24. The molecule has 108 valence electrons. The van der Waals surface area contributed by atoms with Gasteiger partial charge >= 0.3 is 0 Å². The van der Waals surface area contributed by atoms with Crippen LogP contribution in [0.1, 0.15) is 32.1 Å². The van der Waals surface area contributed by atoms with Crippen LogP contribution in [0.5, 0.6) is 0 Å². The first-order valence-electron chi connectivity index (χ1n) is 8.62. The highest BCUT2D eigenvalue weighted by molar-refractivity contribution is 4.98. The molecule has 5 fully saturated rings. The second kappa shape index (κ2) is 5.01. The van der Waals surface area contributed by atoms with Crippen molar-refractivity contribution in [3.8, 4) is 0 Å². The molecule has 3 heteroatoms. The summed E-state index contributed by atoms with van der Waals surface area (Å²) >= 11 is 0. The summed E-state index contributed by atoms with van der Waals surface area (Å²) in [4.78, 5) is 3.57. The first-order valence-corrected chi connectivity index (χ1v) is 8.62. The predicted octanol–water partition coefficient (Wildman–Crippen LogP) is -1.41. The van der Waals surface area contributed by atoms with Gasteiger partial charge in [-0.15, -0.1) is 0 Å². The van der Waals surface area contributed by atoms with Gasteiger partial charge in [0.1, 0.15) is 32.7 Å². The molecule has 19 heavy (non-hydrogen) atoms. The summed E-state index contributed by atoms with van der Waals surface area (Å²) in [5, 5.41) is 9.07. The minimum atomic E-state index is 0.364. The molecule has 4 bridgehead atoms. The Morgan fingerprint density at radius 1 is 0.789 bits per heavy atom. The summed E-state index contributed by atoms with van der Waals surface area (Å²) in [6.45, 7) is 6.64. The van der Waals surface area contributed by atoms with Gasteiger partial charge in [-0.3, -0.25) is 0 Å². The molecule has 1 saturated heterocycles. The minimum absolute atomic E-state index is 0.364. The van der Waals surface area contributed by atoms with Crippen molar-refractivity contribution in [3.05, 3.63) is 0 Å². The van der Waals surface area contributed by atoms with Crippen molar-refractivity contribution in [1.29, 1.82) is 0 Å². The summed E-state index contributed by atoms with van der Waals surface area (Å²) in [7, 11) is 0. The molecule has 0 spiro atoms. The molecule has 1 aliphatic heterocycles. The van der Waals surface area contributed by atoms with E-state index in [-0.39, 0.29) is 0 Å². The number of hydrogen-bond donors (Lipinski definition) is 3. The minimum Gasteiger partial charge on any atom is -0.391 e. The summed E-state index contributed by atoms with van der Waals surface area (Å²) < 4.78 is 0. The van der Waals surface area contributed by atoms with E-state index >= 15 is 0 Å². The van der Waals surface area contributed by atoms with E-state index in [2.05, 4.69) is 0 Å². The van der Waals surface area contributed by atoms with Gasteiger partial charge in [-0.1, -0.05) is 0 Å². The molecule has 0 aromatic carbocycles. The number of piperazine rings is 1. The Kier molecular flexibility index (Phi) is 3.33. The number of nitrogens with one attached hydrogen (secondary N) is 2. The van der Waals surface area contributed by atoms with Crippen LogP contribution in [0.4, 0.5) is 0 Å². The van der Waals surface area contributed by atoms with Gasteiger partial charge in [0.05, 0.1) is 12.6 Å². The molecule has 0 atom stereocenters. The number of aliphatic hydroxyl groups excluding tert-OH is 1. The lowest BCUT2D eigenvalue weighted by Gasteiger charge is -2.55. The number of quaternary nitrogens is 2. The van der Waals surface area contributed by atoms with Gasteiger partial charge in [0.25, 0.3) is 0 Å². The molecule has 5 rings (SSSR count). The lowest BCUT2D eigenvalue weighted by Crippen LogP contribution is -3.30. The molecule has 0 aromatic rings. The molecule has 5 aliphatic rings. The smallest absolute Gasteiger partial charge is 0.127 e. The molecular weight excluding hydrogens is 236 g/mol. The highest BCUT2D eigenvalue weighted by atomic mass is 16.3. The molecule has 3 nitrogen and oxygen atoms in total. The van der Waals surface area contributed by atoms with Crippen LogP contribution >= 0.6 is 0 Å². The van der Waals surface area contributed by atoms with Crippen LogP contribution in [-0.2, 0) is 0 Å². The van der Waals surface area contributed by atoms with E-state index in [0.29, 0.717) is 6.61 Å². The van der Waals surface area contributed by atoms with E-state index in [9.17, 15) is 0 Å². The largest absolute Gasteiger partial charge is 0.391 e. The molecule has 4 aliphatic carbocycles. The first-order chi connectivity index (χ1) is 9.33. The van der Waals surface area contributed by atoms with Crippen LogP contribution < -0.4 is 9.80 Å². The van der Waals surface area contributed by atoms with Crippen molar-refractivity contribution < 1.29 is 14.9 Å². The zero-order chi connectivity index (χ0) is 12.8.